The maximum Gasteiger partial charge on any atom is 0.268 e. The molecule has 0 spiro atoms. The molecule has 1 atom stereocenters. The van der Waals surface area contributed by atoms with Gasteiger partial charge in [0.05, 0.1) is 12.4 Å². The van der Waals surface area contributed by atoms with E-state index in [1.54, 1.807) is 0 Å². The quantitative estimate of drug-likeness (QED) is 0.865. The molecular formula is C10H15IN2O2. The molecular weight excluding hydrogens is 307 g/mol. The van der Waals surface area contributed by atoms with E-state index in [4.69, 9.17) is 4.74 Å². The largest absolute Gasteiger partial charge is 0.474 e. The number of rotatable bonds is 4. The van der Waals surface area contributed by atoms with Gasteiger partial charge in [-0.05, 0) is 41.9 Å². The molecule has 1 N–H and O–H groups in total. The summed E-state index contributed by atoms with van der Waals surface area (Å²) in [7, 11) is 0. The van der Waals surface area contributed by atoms with Gasteiger partial charge in [0, 0.05) is 0 Å². The van der Waals surface area contributed by atoms with Crippen LogP contribution in [0.15, 0.2) is 11.1 Å². The Bertz CT molecular complexity index is 376. The number of hydrogen-bond acceptors (Lipinski definition) is 3. The molecule has 15 heavy (non-hydrogen) atoms. The average Bonchev–Trinajstić information content (AvgIpc) is 2.11. The first-order chi connectivity index (χ1) is 7.00. The number of halogens is 1. The number of H-pyrrole nitrogens is 1. The maximum atomic E-state index is 11.3. The summed E-state index contributed by atoms with van der Waals surface area (Å²) in [6, 6.07) is 0. The van der Waals surface area contributed by atoms with E-state index >= 15 is 0 Å². The van der Waals surface area contributed by atoms with E-state index in [2.05, 4.69) is 23.8 Å². The maximum absolute atomic E-state index is 11.3. The van der Waals surface area contributed by atoms with Crippen molar-refractivity contribution in [2.24, 2.45) is 5.92 Å². The van der Waals surface area contributed by atoms with Crippen LogP contribution >= 0.6 is 22.6 Å². The summed E-state index contributed by atoms with van der Waals surface area (Å²) in [6.07, 6.45) is 2.39. The number of ether oxygens (including phenoxy) is 1. The lowest BCUT2D eigenvalue weighted by atomic mass is 10.1. The van der Waals surface area contributed by atoms with Crippen LogP contribution in [0.4, 0.5) is 0 Å². The molecule has 0 amide bonds. The molecule has 0 radical (unpaired) electrons. The molecule has 0 saturated carbocycles. The average molecular weight is 322 g/mol. The Hall–Kier alpha value is -0.590. The van der Waals surface area contributed by atoms with Crippen LogP contribution in [0.3, 0.4) is 0 Å². The smallest absolute Gasteiger partial charge is 0.268 e. The number of nitrogens with zero attached hydrogens (tertiary/aromatic N) is 1. The third kappa shape index (κ3) is 3.81. The van der Waals surface area contributed by atoms with Crippen molar-refractivity contribution in [3.05, 3.63) is 20.3 Å². The zero-order valence-corrected chi connectivity index (χ0v) is 11.2. The number of aromatic amines is 1. The van der Waals surface area contributed by atoms with Gasteiger partial charge in [-0.15, -0.1) is 0 Å². The molecule has 0 fully saturated rings. The Kier molecular flexibility index (Phi) is 4.56. The van der Waals surface area contributed by atoms with Crippen molar-refractivity contribution in [3.63, 3.8) is 0 Å². The summed E-state index contributed by atoms with van der Waals surface area (Å²) in [6.45, 7) is 6.26. The Labute approximate surface area is 103 Å². The second-order valence-corrected chi connectivity index (χ2v) is 4.99. The molecule has 1 aromatic heterocycles. The molecule has 1 rings (SSSR count). The fourth-order valence-electron chi connectivity index (χ4n) is 1.35. The van der Waals surface area contributed by atoms with Gasteiger partial charge in [0.1, 0.15) is 3.57 Å². The first kappa shape index (κ1) is 12.5. The number of aromatic nitrogens is 2. The summed E-state index contributed by atoms with van der Waals surface area (Å²) < 4.78 is 6.10. The standard InChI is InChI=1S/C10H15IN2O2/c1-6(2)4-7(3)15-10-8(11)9(14)12-5-13-10/h5-7H,4H2,1-3H3,(H,12,13,14). The molecule has 0 aliphatic carbocycles. The molecule has 0 aromatic carbocycles. The van der Waals surface area contributed by atoms with E-state index in [0.717, 1.165) is 6.42 Å². The fraction of sp³-hybridized carbons (Fsp3) is 0.600. The van der Waals surface area contributed by atoms with Gasteiger partial charge in [0.25, 0.3) is 5.56 Å². The van der Waals surface area contributed by atoms with Gasteiger partial charge in [0.2, 0.25) is 5.88 Å². The predicted octanol–water partition coefficient (Wildman–Crippen LogP) is 2.19. The van der Waals surface area contributed by atoms with Crippen molar-refractivity contribution < 1.29 is 4.74 Å². The zero-order chi connectivity index (χ0) is 11.4. The van der Waals surface area contributed by atoms with E-state index in [9.17, 15) is 4.79 Å². The molecule has 1 heterocycles. The molecule has 1 aromatic rings. The van der Waals surface area contributed by atoms with Crippen LogP contribution in [-0.4, -0.2) is 16.1 Å². The summed E-state index contributed by atoms with van der Waals surface area (Å²) in [5, 5.41) is 0. The molecule has 0 saturated heterocycles. The first-order valence-corrected chi connectivity index (χ1v) is 5.98. The minimum absolute atomic E-state index is 0.0767. The van der Waals surface area contributed by atoms with E-state index < -0.39 is 0 Å². The minimum Gasteiger partial charge on any atom is -0.474 e. The van der Waals surface area contributed by atoms with Crippen LogP contribution in [0.2, 0.25) is 0 Å². The third-order valence-electron chi connectivity index (χ3n) is 1.88. The summed E-state index contributed by atoms with van der Waals surface area (Å²) in [4.78, 5) is 17.8. The lowest BCUT2D eigenvalue weighted by Gasteiger charge is -2.15. The normalized spacial score (nSPS) is 12.9. The predicted molar refractivity (Wildman–Crippen MR) is 67.1 cm³/mol. The van der Waals surface area contributed by atoms with Crippen LogP contribution in [-0.2, 0) is 0 Å². The highest BCUT2D eigenvalue weighted by atomic mass is 127. The van der Waals surface area contributed by atoms with Gasteiger partial charge in [0.15, 0.2) is 0 Å². The van der Waals surface area contributed by atoms with Crippen molar-refractivity contribution in [1.29, 1.82) is 0 Å². The van der Waals surface area contributed by atoms with E-state index in [1.165, 1.54) is 6.33 Å². The van der Waals surface area contributed by atoms with Gasteiger partial charge in [-0.3, -0.25) is 4.79 Å². The Morgan fingerprint density at radius 2 is 2.20 bits per heavy atom. The van der Waals surface area contributed by atoms with Crippen molar-refractivity contribution in [1.82, 2.24) is 9.97 Å². The molecule has 0 aliphatic rings. The van der Waals surface area contributed by atoms with E-state index in [0.29, 0.717) is 15.4 Å². The SMILES string of the molecule is CC(C)CC(C)Oc1nc[nH]c(=O)c1I. The van der Waals surface area contributed by atoms with Crippen LogP contribution in [0, 0.1) is 9.49 Å². The van der Waals surface area contributed by atoms with Gasteiger partial charge >= 0.3 is 0 Å². The van der Waals surface area contributed by atoms with Crippen LogP contribution in [0.25, 0.3) is 0 Å². The Morgan fingerprint density at radius 3 is 2.80 bits per heavy atom. The number of hydrogen-bond donors (Lipinski definition) is 1. The Balaban J connectivity index is 2.72. The number of nitrogens with one attached hydrogen (secondary N) is 1. The lowest BCUT2D eigenvalue weighted by molar-refractivity contribution is 0.183. The van der Waals surface area contributed by atoms with Crippen LogP contribution < -0.4 is 10.3 Å². The fourth-order valence-corrected chi connectivity index (χ4v) is 1.77. The summed E-state index contributed by atoms with van der Waals surface area (Å²) in [5.74, 6) is 0.993. The van der Waals surface area contributed by atoms with Crippen LogP contribution in [0.1, 0.15) is 27.2 Å². The van der Waals surface area contributed by atoms with Crippen molar-refractivity contribution in [3.8, 4) is 5.88 Å². The second-order valence-electron chi connectivity index (χ2n) is 3.91. The van der Waals surface area contributed by atoms with E-state index in [1.807, 2.05) is 29.5 Å². The lowest BCUT2D eigenvalue weighted by Crippen LogP contribution is -2.19. The van der Waals surface area contributed by atoms with Crippen molar-refractivity contribution in [2.75, 3.05) is 0 Å². The molecule has 0 bridgehead atoms. The molecule has 1 unspecified atom stereocenters. The molecule has 5 heteroatoms. The second kappa shape index (κ2) is 5.48. The molecule has 84 valence electrons. The topological polar surface area (TPSA) is 55.0 Å². The summed E-state index contributed by atoms with van der Waals surface area (Å²) >= 11 is 1.94. The Morgan fingerprint density at radius 1 is 1.53 bits per heavy atom. The highest BCUT2D eigenvalue weighted by Gasteiger charge is 2.11. The van der Waals surface area contributed by atoms with Gasteiger partial charge in [-0.1, -0.05) is 13.8 Å². The van der Waals surface area contributed by atoms with E-state index in [-0.39, 0.29) is 11.7 Å². The minimum atomic E-state index is -0.155. The first-order valence-electron chi connectivity index (χ1n) is 4.90. The highest BCUT2D eigenvalue weighted by molar-refractivity contribution is 14.1. The van der Waals surface area contributed by atoms with Gasteiger partial charge in [-0.2, -0.15) is 0 Å². The monoisotopic (exact) mass is 322 g/mol. The molecule has 0 aliphatic heterocycles. The van der Waals surface area contributed by atoms with Crippen LogP contribution in [0.5, 0.6) is 5.88 Å². The zero-order valence-electron chi connectivity index (χ0n) is 9.08. The van der Waals surface area contributed by atoms with Gasteiger partial charge in [-0.25, -0.2) is 4.98 Å². The third-order valence-corrected chi connectivity index (χ3v) is 2.83. The van der Waals surface area contributed by atoms with Crippen molar-refractivity contribution >= 4 is 22.6 Å². The molecule has 4 nitrogen and oxygen atoms in total. The van der Waals surface area contributed by atoms with Gasteiger partial charge < -0.3 is 9.72 Å². The van der Waals surface area contributed by atoms with Crippen molar-refractivity contribution in [2.45, 2.75) is 33.3 Å². The summed E-state index contributed by atoms with van der Waals surface area (Å²) in [5.41, 5.74) is -0.155. The highest BCUT2D eigenvalue weighted by Crippen LogP contribution is 2.16.